The second-order valence-electron chi connectivity index (χ2n) is 6.40. The summed E-state index contributed by atoms with van der Waals surface area (Å²) in [7, 11) is 0. The van der Waals surface area contributed by atoms with Crippen LogP contribution in [0, 0.1) is 10.8 Å². The predicted octanol–water partition coefficient (Wildman–Crippen LogP) is 4.65. The van der Waals surface area contributed by atoms with E-state index in [1.54, 1.807) is 0 Å². The van der Waals surface area contributed by atoms with Crippen LogP contribution in [-0.4, -0.2) is 0 Å². The van der Waals surface area contributed by atoms with Crippen LogP contribution in [0.15, 0.2) is 72.2 Å². The Balaban J connectivity index is 2.12. The van der Waals surface area contributed by atoms with E-state index in [-0.39, 0.29) is 10.8 Å². The number of rotatable bonds is 2. The van der Waals surface area contributed by atoms with E-state index in [1.165, 1.54) is 0 Å². The van der Waals surface area contributed by atoms with Crippen molar-refractivity contribution < 1.29 is 0 Å². The summed E-state index contributed by atoms with van der Waals surface area (Å²) in [4.78, 5) is 0. The summed E-state index contributed by atoms with van der Waals surface area (Å²) in [5.74, 6) is 0. The highest BCUT2D eigenvalue weighted by Gasteiger charge is 2.12. The fourth-order valence-corrected chi connectivity index (χ4v) is 1.96. The zero-order valence-electron chi connectivity index (χ0n) is 12.3. The zero-order valence-corrected chi connectivity index (χ0v) is 12.3. The van der Waals surface area contributed by atoms with Gasteiger partial charge in [-0.3, -0.25) is 0 Å². The highest BCUT2D eigenvalue weighted by molar-refractivity contribution is 5.37. The van der Waals surface area contributed by atoms with Crippen molar-refractivity contribution in [2.24, 2.45) is 10.8 Å². The smallest absolute Gasteiger partial charge is 0.0381 e. The Bertz CT molecular complexity index is 472. The van der Waals surface area contributed by atoms with Crippen LogP contribution < -0.4 is 5.32 Å². The topological polar surface area (TPSA) is 12.0 Å². The molecule has 0 saturated carbocycles. The summed E-state index contributed by atoms with van der Waals surface area (Å²) in [6.45, 7) is 8.80. The Morgan fingerprint density at radius 2 is 1.11 bits per heavy atom. The molecule has 19 heavy (non-hydrogen) atoms. The van der Waals surface area contributed by atoms with Gasteiger partial charge in [-0.25, -0.2) is 0 Å². The van der Waals surface area contributed by atoms with Crippen LogP contribution in [0.5, 0.6) is 0 Å². The van der Waals surface area contributed by atoms with Crippen molar-refractivity contribution in [3.63, 3.8) is 0 Å². The molecule has 0 aromatic heterocycles. The molecule has 0 atom stereocenters. The van der Waals surface area contributed by atoms with E-state index in [9.17, 15) is 0 Å². The van der Waals surface area contributed by atoms with Gasteiger partial charge in [0.2, 0.25) is 0 Å². The minimum Gasteiger partial charge on any atom is -0.356 e. The number of nitrogens with one attached hydrogen (secondary N) is 1. The molecular formula is C18H23N. The molecule has 0 unspecified atom stereocenters. The average molecular weight is 253 g/mol. The minimum absolute atomic E-state index is 0.121. The quantitative estimate of drug-likeness (QED) is 0.755. The van der Waals surface area contributed by atoms with E-state index >= 15 is 0 Å². The molecule has 0 spiro atoms. The largest absolute Gasteiger partial charge is 0.356 e. The first kappa shape index (κ1) is 13.7. The molecule has 0 heterocycles. The van der Waals surface area contributed by atoms with Gasteiger partial charge in [-0.1, -0.05) is 64.2 Å². The maximum absolute atomic E-state index is 3.46. The third-order valence-electron chi connectivity index (χ3n) is 3.28. The van der Waals surface area contributed by atoms with Gasteiger partial charge < -0.3 is 5.32 Å². The first-order valence-electron chi connectivity index (χ1n) is 6.81. The van der Waals surface area contributed by atoms with Crippen molar-refractivity contribution >= 4 is 0 Å². The van der Waals surface area contributed by atoms with Crippen molar-refractivity contribution in [3.05, 3.63) is 72.2 Å². The summed E-state index contributed by atoms with van der Waals surface area (Å²) in [6.07, 6.45) is 21.6. The van der Waals surface area contributed by atoms with Gasteiger partial charge in [-0.2, -0.15) is 0 Å². The zero-order chi connectivity index (χ0) is 13.9. The molecule has 0 radical (unpaired) electrons. The lowest BCUT2D eigenvalue weighted by Gasteiger charge is -2.13. The highest BCUT2D eigenvalue weighted by Crippen LogP contribution is 2.24. The first-order chi connectivity index (χ1) is 8.86. The third-order valence-corrected chi connectivity index (χ3v) is 3.28. The van der Waals surface area contributed by atoms with Crippen LogP contribution in [0.3, 0.4) is 0 Å². The lowest BCUT2D eigenvalue weighted by Crippen LogP contribution is -2.10. The van der Waals surface area contributed by atoms with E-state index in [0.29, 0.717) is 0 Å². The van der Waals surface area contributed by atoms with Gasteiger partial charge in [0, 0.05) is 22.2 Å². The summed E-state index contributed by atoms with van der Waals surface area (Å²) in [6, 6.07) is 0. The van der Waals surface area contributed by atoms with Gasteiger partial charge in [0.1, 0.15) is 0 Å². The molecule has 2 aliphatic rings. The summed E-state index contributed by atoms with van der Waals surface area (Å²) < 4.78 is 0. The van der Waals surface area contributed by atoms with Crippen LogP contribution in [0.25, 0.3) is 0 Å². The number of hydrogen-bond acceptors (Lipinski definition) is 1. The van der Waals surface area contributed by atoms with Crippen LogP contribution in [-0.2, 0) is 0 Å². The van der Waals surface area contributed by atoms with Crippen molar-refractivity contribution in [1.29, 1.82) is 0 Å². The highest BCUT2D eigenvalue weighted by atomic mass is 14.9. The Morgan fingerprint density at radius 1 is 0.684 bits per heavy atom. The Labute approximate surface area is 116 Å². The third kappa shape index (κ3) is 4.13. The molecule has 100 valence electrons. The summed E-state index contributed by atoms with van der Waals surface area (Å²) in [5, 5.41) is 3.46. The molecule has 1 nitrogen and oxygen atoms in total. The fraction of sp³-hybridized carbons (Fsp3) is 0.333. The number of hydrogen-bond donors (Lipinski definition) is 1. The van der Waals surface area contributed by atoms with Crippen LogP contribution in [0.4, 0.5) is 0 Å². The van der Waals surface area contributed by atoms with E-state index in [0.717, 1.165) is 11.4 Å². The molecule has 0 fully saturated rings. The monoisotopic (exact) mass is 253 g/mol. The lowest BCUT2D eigenvalue weighted by atomic mass is 9.93. The molecule has 0 bridgehead atoms. The average Bonchev–Trinajstić information content (AvgIpc) is 2.57. The first-order valence-corrected chi connectivity index (χ1v) is 6.81. The van der Waals surface area contributed by atoms with E-state index in [1.807, 2.05) is 0 Å². The maximum atomic E-state index is 3.46. The van der Waals surface area contributed by atoms with Gasteiger partial charge in [-0.05, 0) is 24.3 Å². The minimum atomic E-state index is 0.121. The molecule has 0 saturated heterocycles. The van der Waals surface area contributed by atoms with Crippen LogP contribution >= 0.6 is 0 Å². The van der Waals surface area contributed by atoms with Gasteiger partial charge in [-0.15, -0.1) is 0 Å². The molecule has 1 N–H and O–H groups in total. The molecule has 2 rings (SSSR count). The van der Waals surface area contributed by atoms with Crippen molar-refractivity contribution in [1.82, 2.24) is 5.32 Å². The molecule has 0 aliphatic heterocycles. The molecule has 1 heteroatoms. The molecule has 0 amide bonds. The predicted molar refractivity (Wildman–Crippen MR) is 83.4 cm³/mol. The second kappa shape index (κ2) is 5.08. The molecular weight excluding hydrogens is 230 g/mol. The van der Waals surface area contributed by atoms with Gasteiger partial charge in [0.25, 0.3) is 0 Å². The standard InChI is InChI=1S/C18H23N/c1-17(2)11-5-7-15(9-13-17)19-16-8-6-12-18(3,4)14-10-16/h5-14,19H,1-4H3. The van der Waals surface area contributed by atoms with Gasteiger partial charge in [0.05, 0.1) is 0 Å². The molecule has 0 aromatic rings. The van der Waals surface area contributed by atoms with E-state index in [4.69, 9.17) is 0 Å². The Morgan fingerprint density at radius 3 is 1.53 bits per heavy atom. The Hall–Kier alpha value is -1.76. The van der Waals surface area contributed by atoms with Gasteiger partial charge >= 0.3 is 0 Å². The van der Waals surface area contributed by atoms with Crippen molar-refractivity contribution in [3.8, 4) is 0 Å². The maximum Gasteiger partial charge on any atom is 0.0381 e. The van der Waals surface area contributed by atoms with Crippen LogP contribution in [0.2, 0.25) is 0 Å². The normalized spacial score (nSPS) is 23.4. The summed E-state index contributed by atoms with van der Waals surface area (Å²) in [5.41, 5.74) is 2.47. The van der Waals surface area contributed by atoms with Crippen molar-refractivity contribution in [2.45, 2.75) is 27.7 Å². The molecule has 0 aromatic carbocycles. The second-order valence-corrected chi connectivity index (χ2v) is 6.40. The Kier molecular flexibility index (Phi) is 3.66. The van der Waals surface area contributed by atoms with Crippen molar-refractivity contribution in [2.75, 3.05) is 0 Å². The van der Waals surface area contributed by atoms with Gasteiger partial charge in [0.15, 0.2) is 0 Å². The molecule has 2 aliphatic carbocycles. The van der Waals surface area contributed by atoms with E-state index < -0.39 is 0 Å². The van der Waals surface area contributed by atoms with Crippen LogP contribution in [0.1, 0.15) is 27.7 Å². The van der Waals surface area contributed by atoms with E-state index in [2.05, 4.69) is 93.8 Å². The summed E-state index contributed by atoms with van der Waals surface area (Å²) >= 11 is 0. The fourth-order valence-electron chi connectivity index (χ4n) is 1.96. The lowest BCUT2D eigenvalue weighted by molar-refractivity contribution is 0.626. The SMILES string of the molecule is CC1(C)C=CC=C(NC2=CC=CC(C)(C)C=C2)C=C1. The number of allylic oxidation sites excluding steroid dienone is 10.